The minimum Gasteiger partial charge on any atom is -0.481 e. The first-order valence-electron chi connectivity index (χ1n) is 8.83. The Kier molecular flexibility index (Phi) is 11.6. The Labute approximate surface area is 170 Å². The van der Waals surface area contributed by atoms with Crippen LogP contribution in [0.5, 0.6) is 0 Å². The number of carbonyl (C=O) groups is 6. The molecule has 0 radical (unpaired) electrons. The van der Waals surface area contributed by atoms with Gasteiger partial charge in [-0.2, -0.15) is 0 Å². The fraction of sp³-hybridized carbons (Fsp3) is 0.625. The van der Waals surface area contributed by atoms with Crippen molar-refractivity contribution in [2.45, 2.75) is 56.8 Å². The lowest BCUT2D eigenvalue weighted by Gasteiger charge is -2.24. The van der Waals surface area contributed by atoms with Crippen molar-refractivity contribution in [3.63, 3.8) is 0 Å². The minimum absolute atomic E-state index is 0.385. The van der Waals surface area contributed by atoms with Gasteiger partial charge < -0.3 is 42.1 Å². The van der Waals surface area contributed by atoms with Gasteiger partial charge in [0.15, 0.2) is 0 Å². The summed E-state index contributed by atoms with van der Waals surface area (Å²) in [6.45, 7) is 0.415. The Morgan fingerprint density at radius 2 is 1.17 bits per heavy atom. The van der Waals surface area contributed by atoms with E-state index < -0.39 is 85.7 Å². The van der Waals surface area contributed by atoms with Gasteiger partial charge >= 0.3 is 17.9 Å². The van der Waals surface area contributed by atoms with Crippen LogP contribution in [0, 0.1) is 0 Å². The van der Waals surface area contributed by atoms with Crippen molar-refractivity contribution < 1.29 is 49.2 Å². The molecule has 0 saturated carbocycles. The highest BCUT2D eigenvalue weighted by Crippen LogP contribution is 2.04. The van der Waals surface area contributed by atoms with Gasteiger partial charge in [-0.25, -0.2) is 0 Å². The highest BCUT2D eigenvalue weighted by molar-refractivity contribution is 5.94. The smallest absolute Gasteiger partial charge is 0.325 e. The zero-order chi connectivity index (χ0) is 23.4. The van der Waals surface area contributed by atoms with Crippen molar-refractivity contribution >= 4 is 35.6 Å². The molecule has 30 heavy (non-hydrogen) atoms. The molecule has 4 atom stereocenters. The molecule has 0 aliphatic rings. The van der Waals surface area contributed by atoms with Crippen LogP contribution in [0.3, 0.4) is 0 Å². The van der Waals surface area contributed by atoms with E-state index in [1.165, 1.54) is 0 Å². The number of carboxylic acid groups (broad SMARTS) is 3. The summed E-state index contributed by atoms with van der Waals surface area (Å²) in [6.07, 6.45) is -1.85. The Balaban J connectivity index is 5.41. The number of aliphatic hydroxyl groups excluding tert-OH is 1. The molecule has 0 aromatic heterocycles. The molecule has 9 N–H and O–H groups in total. The van der Waals surface area contributed by atoms with E-state index in [-0.39, 0.29) is 6.42 Å². The van der Waals surface area contributed by atoms with Crippen molar-refractivity contribution in [1.29, 1.82) is 0 Å². The molecule has 0 spiro atoms. The third kappa shape index (κ3) is 10.3. The molecular formula is C16H26N4O10. The summed E-state index contributed by atoms with van der Waals surface area (Å²) in [5.74, 6) is -6.86. The molecule has 4 unspecified atom stereocenters. The number of carboxylic acids is 3. The number of carbonyl (C=O) groups excluding carboxylic acids is 3. The molecule has 0 aromatic rings. The third-order valence-electron chi connectivity index (χ3n) is 3.82. The fourth-order valence-corrected chi connectivity index (χ4v) is 2.08. The number of aliphatic hydroxyl groups is 1. The van der Waals surface area contributed by atoms with Crippen LogP contribution >= 0.6 is 0 Å². The largest absolute Gasteiger partial charge is 0.481 e. The molecule has 14 nitrogen and oxygen atoms in total. The summed E-state index contributed by atoms with van der Waals surface area (Å²) in [5, 5.41) is 41.8. The van der Waals surface area contributed by atoms with E-state index in [1.54, 1.807) is 0 Å². The normalized spacial score (nSPS) is 14.5. The van der Waals surface area contributed by atoms with Crippen LogP contribution in [0.25, 0.3) is 0 Å². The highest BCUT2D eigenvalue weighted by Gasteiger charge is 2.29. The molecular weight excluding hydrogens is 408 g/mol. The van der Waals surface area contributed by atoms with Gasteiger partial charge in [0.25, 0.3) is 0 Å². The van der Waals surface area contributed by atoms with E-state index in [4.69, 9.17) is 26.2 Å². The summed E-state index contributed by atoms with van der Waals surface area (Å²) in [4.78, 5) is 69.1. The Morgan fingerprint density at radius 1 is 0.767 bits per heavy atom. The second kappa shape index (κ2) is 13.1. The first kappa shape index (κ1) is 26.7. The highest BCUT2D eigenvalue weighted by atomic mass is 16.4. The number of hydrogen-bond donors (Lipinski definition) is 8. The van der Waals surface area contributed by atoms with Crippen LogP contribution in [-0.2, 0) is 28.8 Å². The number of rotatable bonds is 14. The predicted molar refractivity (Wildman–Crippen MR) is 97.9 cm³/mol. The number of hydrogen-bond acceptors (Lipinski definition) is 8. The summed E-state index contributed by atoms with van der Waals surface area (Å²) < 4.78 is 0. The summed E-state index contributed by atoms with van der Waals surface area (Å²) >= 11 is 0. The SMILES string of the molecule is CC(NC(=O)C(CCC(=O)O)NC(=O)C(CCC(=O)O)NC(=O)C(N)CO)C(=O)O. The molecule has 0 rings (SSSR count). The van der Waals surface area contributed by atoms with Crippen molar-refractivity contribution in [2.75, 3.05) is 6.61 Å². The lowest BCUT2D eigenvalue weighted by molar-refractivity contribution is -0.142. The molecule has 0 fully saturated rings. The molecule has 170 valence electrons. The van der Waals surface area contributed by atoms with Crippen molar-refractivity contribution in [3.8, 4) is 0 Å². The summed E-state index contributed by atoms with van der Waals surface area (Å²) in [6, 6.07) is -5.63. The van der Waals surface area contributed by atoms with Crippen LogP contribution in [0.4, 0.5) is 0 Å². The van der Waals surface area contributed by atoms with E-state index in [1.807, 2.05) is 0 Å². The molecule has 0 heterocycles. The standard InChI is InChI=1S/C16H26N4O10/c1-7(16(29)30)18-14(27)9(2-4-11(22)23)20-15(28)10(3-5-12(24)25)19-13(26)8(17)6-21/h7-10,21H,2-6,17H2,1H3,(H,18,27)(H,19,26)(H,20,28)(H,22,23)(H,24,25)(H,29,30). The molecule has 3 amide bonds. The third-order valence-corrected chi connectivity index (χ3v) is 3.82. The molecule has 0 saturated heterocycles. The molecule has 0 aliphatic heterocycles. The van der Waals surface area contributed by atoms with Gasteiger partial charge in [0.2, 0.25) is 17.7 Å². The van der Waals surface area contributed by atoms with Crippen LogP contribution in [0.2, 0.25) is 0 Å². The van der Waals surface area contributed by atoms with Crippen molar-refractivity contribution in [1.82, 2.24) is 16.0 Å². The van der Waals surface area contributed by atoms with Gasteiger partial charge in [-0.3, -0.25) is 28.8 Å². The molecule has 0 bridgehead atoms. The van der Waals surface area contributed by atoms with Crippen LogP contribution < -0.4 is 21.7 Å². The minimum atomic E-state index is -1.47. The molecule has 0 aliphatic carbocycles. The zero-order valence-corrected chi connectivity index (χ0v) is 16.2. The van der Waals surface area contributed by atoms with E-state index in [0.29, 0.717) is 0 Å². The maximum atomic E-state index is 12.5. The topological polar surface area (TPSA) is 245 Å². The Morgan fingerprint density at radius 3 is 1.53 bits per heavy atom. The lowest BCUT2D eigenvalue weighted by atomic mass is 10.1. The first-order valence-corrected chi connectivity index (χ1v) is 8.83. The van der Waals surface area contributed by atoms with Crippen LogP contribution in [0.1, 0.15) is 32.6 Å². The van der Waals surface area contributed by atoms with Gasteiger partial charge in [-0.1, -0.05) is 0 Å². The predicted octanol–water partition coefficient (Wildman–Crippen LogP) is -3.41. The molecule has 14 heteroatoms. The average Bonchev–Trinajstić information content (AvgIpc) is 2.66. The van der Waals surface area contributed by atoms with Crippen molar-refractivity contribution in [3.05, 3.63) is 0 Å². The molecule has 0 aromatic carbocycles. The number of nitrogens with one attached hydrogen (secondary N) is 3. The van der Waals surface area contributed by atoms with E-state index in [2.05, 4.69) is 16.0 Å². The van der Waals surface area contributed by atoms with E-state index >= 15 is 0 Å². The fourth-order valence-electron chi connectivity index (χ4n) is 2.08. The maximum absolute atomic E-state index is 12.5. The second-order valence-corrected chi connectivity index (χ2v) is 6.34. The summed E-state index contributed by atoms with van der Waals surface area (Å²) in [5.41, 5.74) is 5.34. The maximum Gasteiger partial charge on any atom is 0.325 e. The quantitative estimate of drug-likeness (QED) is 0.134. The Bertz CT molecular complexity index is 668. The summed E-state index contributed by atoms with van der Waals surface area (Å²) in [7, 11) is 0. The van der Waals surface area contributed by atoms with Gasteiger partial charge in [-0.15, -0.1) is 0 Å². The van der Waals surface area contributed by atoms with Crippen LogP contribution in [-0.4, -0.2) is 86.8 Å². The van der Waals surface area contributed by atoms with Gasteiger partial charge in [0.05, 0.1) is 6.61 Å². The number of amides is 3. The average molecular weight is 434 g/mol. The van der Waals surface area contributed by atoms with Crippen LogP contribution in [0.15, 0.2) is 0 Å². The monoisotopic (exact) mass is 434 g/mol. The zero-order valence-electron chi connectivity index (χ0n) is 16.2. The lowest BCUT2D eigenvalue weighted by Crippen LogP contribution is -2.57. The van der Waals surface area contributed by atoms with Gasteiger partial charge in [0, 0.05) is 12.8 Å². The second-order valence-electron chi connectivity index (χ2n) is 6.34. The Hall–Kier alpha value is -3.26. The number of nitrogens with two attached hydrogens (primary N) is 1. The van der Waals surface area contributed by atoms with E-state index in [9.17, 15) is 28.8 Å². The van der Waals surface area contributed by atoms with Gasteiger partial charge in [-0.05, 0) is 19.8 Å². The van der Waals surface area contributed by atoms with E-state index in [0.717, 1.165) is 6.92 Å². The first-order chi connectivity index (χ1) is 13.9. The van der Waals surface area contributed by atoms with Gasteiger partial charge in [0.1, 0.15) is 24.2 Å². The van der Waals surface area contributed by atoms with Crippen molar-refractivity contribution in [2.24, 2.45) is 5.73 Å². The number of aliphatic carboxylic acids is 3.